The van der Waals surface area contributed by atoms with Gasteiger partial charge in [0.1, 0.15) is 12.1 Å². The first-order chi connectivity index (χ1) is 25.2. The Morgan fingerprint density at radius 2 is 1.58 bits per heavy atom. The largest absolute Gasteiger partial charge is 0.360 e. The van der Waals surface area contributed by atoms with Gasteiger partial charge < -0.3 is 30.7 Å². The maximum absolute atomic E-state index is 14.3. The number of halogens is 1. The Hall–Kier alpha value is -4.75. The average Bonchev–Trinajstić information content (AvgIpc) is 3.60. The van der Waals surface area contributed by atoms with Gasteiger partial charge in [-0.3, -0.25) is 19.2 Å². The second-order valence-corrected chi connectivity index (χ2v) is 15.3. The molecule has 4 amide bonds. The number of H-pyrrole nitrogens is 1. The minimum atomic E-state index is -1.23. The molecule has 4 heterocycles. The standard InChI is InChI=1S/C41H43IN6O4/c1-47(24-26-11-14-31(42)15-12-26)41(52)36(21-27-10-13-28-6-2-3-7-30(28)20-27)46-40(51)35(22-38(49)44-37-25-48-18-16-29(37)17-19-48)45-39(50)33-23-43-34-9-5-4-8-32(33)34/h2-15,20,23,29,35-37,43H,16-19,21-22,24-25H2,1H3,(H,44,49)(H,45,50)(H,46,51)/t35-,36-,37?/m0/s1. The van der Waals surface area contributed by atoms with Gasteiger partial charge in [-0.25, -0.2) is 0 Å². The molecular formula is C41H43IN6O4. The summed E-state index contributed by atoms with van der Waals surface area (Å²) < 4.78 is 1.09. The highest BCUT2D eigenvalue weighted by molar-refractivity contribution is 14.1. The van der Waals surface area contributed by atoms with Crippen LogP contribution in [-0.2, 0) is 27.3 Å². The third-order valence-corrected chi connectivity index (χ3v) is 11.1. The van der Waals surface area contributed by atoms with Crippen LogP contribution < -0.4 is 16.0 Å². The second-order valence-electron chi connectivity index (χ2n) is 14.1. The van der Waals surface area contributed by atoms with Crippen LogP contribution in [0.5, 0.6) is 0 Å². The summed E-state index contributed by atoms with van der Waals surface area (Å²) >= 11 is 2.24. The highest BCUT2D eigenvalue weighted by Gasteiger charge is 2.36. The molecule has 3 fully saturated rings. The van der Waals surface area contributed by atoms with Crippen molar-refractivity contribution in [3.8, 4) is 0 Å². The van der Waals surface area contributed by atoms with Crippen molar-refractivity contribution in [3.05, 3.63) is 117 Å². The van der Waals surface area contributed by atoms with Crippen LogP contribution in [0.15, 0.2) is 97.2 Å². The molecule has 268 valence electrons. The lowest BCUT2D eigenvalue weighted by Gasteiger charge is -2.45. The zero-order valence-electron chi connectivity index (χ0n) is 29.1. The van der Waals surface area contributed by atoms with Gasteiger partial charge in [0.2, 0.25) is 17.7 Å². The lowest BCUT2D eigenvalue weighted by Crippen LogP contribution is -2.59. The van der Waals surface area contributed by atoms with Crippen LogP contribution in [-0.4, -0.2) is 83.2 Å². The summed E-state index contributed by atoms with van der Waals surface area (Å²) in [5.74, 6) is -1.28. The van der Waals surface area contributed by atoms with E-state index in [-0.39, 0.29) is 30.7 Å². The second kappa shape index (κ2) is 15.9. The molecule has 0 aliphatic carbocycles. The number of piperidine rings is 3. The van der Waals surface area contributed by atoms with Gasteiger partial charge in [-0.1, -0.05) is 72.8 Å². The van der Waals surface area contributed by atoms with Gasteiger partial charge in [0.15, 0.2) is 0 Å². The molecule has 11 heteroatoms. The van der Waals surface area contributed by atoms with Crippen LogP contribution in [0.4, 0.5) is 0 Å². The van der Waals surface area contributed by atoms with Gasteiger partial charge in [0.05, 0.1) is 12.0 Å². The molecule has 8 rings (SSSR count). The number of rotatable bonds is 12. The summed E-state index contributed by atoms with van der Waals surface area (Å²) in [7, 11) is 1.72. The van der Waals surface area contributed by atoms with E-state index in [1.54, 1.807) is 18.1 Å². The number of benzene rings is 4. The highest BCUT2D eigenvalue weighted by Crippen LogP contribution is 2.27. The number of likely N-dealkylation sites (N-methyl/N-ethyl adjacent to an activating group) is 1. The molecular weight excluding hydrogens is 767 g/mol. The van der Waals surface area contributed by atoms with Gasteiger partial charge in [-0.2, -0.15) is 0 Å². The van der Waals surface area contributed by atoms with Crippen LogP contribution >= 0.6 is 22.6 Å². The number of nitrogens with one attached hydrogen (secondary N) is 4. The summed E-state index contributed by atoms with van der Waals surface area (Å²) in [6, 6.07) is 27.2. The van der Waals surface area contributed by atoms with Crippen LogP contribution in [0.1, 0.15) is 40.7 Å². The van der Waals surface area contributed by atoms with Crippen molar-refractivity contribution in [2.75, 3.05) is 26.7 Å². The normalized spacial score (nSPS) is 19.2. The lowest BCUT2D eigenvalue weighted by atomic mass is 9.84. The van der Waals surface area contributed by atoms with E-state index < -0.39 is 23.9 Å². The van der Waals surface area contributed by atoms with Crippen LogP contribution in [0.25, 0.3) is 21.7 Å². The fourth-order valence-corrected chi connectivity index (χ4v) is 7.93. The van der Waals surface area contributed by atoms with Crippen molar-refractivity contribution in [3.63, 3.8) is 0 Å². The Kier molecular flexibility index (Phi) is 10.9. The minimum absolute atomic E-state index is 0.000164. The fourth-order valence-electron chi connectivity index (χ4n) is 7.57. The van der Waals surface area contributed by atoms with Crippen molar-refractivity contribution in [1.29, 1.82) is 0 Å². The van der Waals surface area contributed by atoms with E-state index in [0.29, 0.717) is 23.4 Å². The number of nitrogens with zero attached hydrogens (tertiary/aromatic N) is 2. The fraction of sp³-hybridized carbons (Fsp3) is 0.317. The predicted molar refractivity (Wildman–Crippen MR) is 210 cm³/mol. The Morgan fingerprint density at radius 1 is 0.865 bits per heavy atom. The molecule has 1 unspecified atom stereocenters. The number of carbonyl (C=O) groups is 4. The number of carbonyl (C=O) groups excluding carboxylic acids is 4. The van der Waals surface area contributed by atoms with Crippen molar-refractivity contribution < 1.29 is 19.2 Å². The van der Waals surface area contributed by atoms with E-state index in [0.717, 1.165) is 63.5 Å². The Labute approximate surface area is 316 Å². The molecule has 0 saturated carbocycles. The first kappa shape index (κ1) is 35.6. The molecule has 3 aliphatic rings. The molecule has 52 heavy (non-hydrogen) atoms. The van der Waals surface area contributed by atoms with Crippen molar-refractivity contribution in [1.82, 2.24) is 30.7 Å². The third-order valence-electron chi connectivity index (χ3n) is 10.4. The monoisotopic (exact) mass is 810 g/mol. The number of para-hydroxylation sites is 1. The smallest absolute Gasteiger partial charge is 0.254 e. The molecule has 4 aromatic carbocycles. The van der Waals surface area contributed by atoms with E-state index in [1.165, 1.54) is 0 Å². The molecule has 1 aromatic heterocycles. The highest BCUT2D eigenvalue weighted by atomic mass is 127. The van der Waals surface area contributed by atoms with E-state index in [1.807, 2.05) is 91.0 Å². The Balaban J connectivity index is 1.14. The van der Waals surface area contributed by atoms with Gasteiger partial charge in [-0.05, 0) is 94.5 Å². The van der Waals surface area contributed by atoms with Crippen molar-refractivity contribution in [2.24, 2.45) is 5.92 Å². The predicted octanol–water partition coefficient (Wildman–Crippen LogP) is 5.01. The minimum Gasteiger partial charge on any atom is -0.360 e. The van der Waals surface area contributed by atoms with Crippen LogP contribution in [0.3, 0.4) is 0 Å². The summed E-state index contributed by atoms with van der Waals surface area (Å²) in [6.45, 7) is 3.20. The maximum Gasteiger partial charge on any atom is 0.254 e. The molecule has 3 saturated heterocycles. The molecule has 5 aromatic rings. The summed E-state index contributed by atoms with van der Waals surface area (Å²) in [4.78, 5) is 62.9. The maximum atomic E-state index is 14.3. The van der Waals surface area contributed by atoms with E-state index in [2.05, 4.69) is 48.4 Å². The Bertz CT molecular complexity index is 2090. The van der Waals surface area contributed by atoms with Gasteiger partial charge in [0, 0.05) is 53.3 Å². The zero-order chi connectivity index (χ0) is 36.2. The van der Waals surface area contributed by atoms with Gasteiger partial charge in [0.25, 0.3) is 5.91 Å². The van der Waals surface area contributed by atoms with Crippen molar-refractivity contribution in [2.45, 2.75) is 50.4 Å². The molecule has 10 nitrogen and oxygen atoms in total. The number of hydrogen-bond donors (Lipinski definition) is 4. The third kappa shape index (κ3) is 8.31. The van der Waals surface area contributed by atoms with E-state index in [4.69, 9.17) is 0 Å². The van der Waals surface area contributed by atoms with Gasteiger partial charge in [-0.15, -0.1) is 0 Å². The Morgan fingerprint density at radius 3 is 2.33 bits per heavy atom. The topological polar surface area (TPSA) is 127 Å². The number of amides is 4. The average molecular weight is 811 g/mol. The van der Waals surface area contributed by atoms with Gasteiger partial charge >= 0.3 is 0 Å². The van der Waals surface area contributed by atoms with E-state index in [9.17, 15) is 19.2 Å². The first-order valence-corrected chi connectivity index (χ1v) is 18.9. The van der Waals surface area contributed by atoms with E-state index >= 15 is 0 Å². The number of fused-ring (bicyclic) bond motifs is 5. The summed E-state index contributed by atoms with van der Waals surface area (Å²) in [5.41, 5.74) is 2.98. The molecule has 4 N–H and O–H groups in total. The summed E-state index contributed by atoms with van der Waals surface area (Å²) in [6.07, 6.45) is 3.62. The molecule has 2 bridgehead atoms. The SMILES string of the molecule is CN(Cc1ccc(I)cc1)C(=O)[C@H](Cc1ccc2ccccc2c1)NC(=O)[C@H](CC(=O)NC1CN2CCC1CC2)NC(=O)c1c[nH]c2ccccc12. The molecule has 3 atom stereocenters. The first-order valence-electron chi connectivity index (χ1n) is 17.9. The summed E-state index contributed by atoms with van der Waals surface area (Å²) in [5, 5.41) is 11.8. The lowest BCUT2D eigenvalue weighted by molar-refractivity contribution is -0.136. The number of aromatic amines is 1. The van der Waals surface area contributed by atoms with Crippen LogP contribution in [0, 0.1) is 9.49 Å². The van der Waals surface area contributed by atoms with Crippen LogP contribution in [0.2, 0.25) is 0 Å². The quantitative estimate of drug-likeness (QED) is 0.132. The molecule has 0 spiro atoms. The zero-order valence-corrected chi connectivity index (χ0v) is 31.3. The molecule has 0 radical (unpaired) electrons. The molecule has 3 aliphatic heterocycles. The number of hydrogen-bond acceptors (Lipinski definition) is 5. The number of aromatic nitrogens is 1. The van der Waals surface area contributed by atoms with Crippen molar-refractivity contribution >= 4 is 67.9 Å².